The number of imidazole rings is 1. The summed E-state index contributed by atoms with van der Waals surface area (Å²) in [6.07, 6.45) is 2.57. The molecule has 8 heteroatoms. The number of imide groups is 1. The van der Waals surface area contributed by atoms with Crippen LogP contribution in [0.3, 0.4) is 0 Å². The van der Waals surface area contributed by atoms with E-state index in [4.69, 9.17) is 4.99 Å². The van der Waals surface area contributed by atoms with Gasteiger partial charge in [-0.25, -0.2) is 13.9 Å². The monoisotopic (exact) mass is 373 g/mol. The summed E-state index contributed by atoms with van der Waals surface area (Å²) in [6.45, 7) is 10.5. The number of carbonyl (C=O) groups is 2. The van der Waals surface area contributed by atoms with E-state index in [9.17, 15) is 9.59 Å². The molecule has 2 atom stereocenters. The van der Waals surface area contributed by atoms with Crippen molar-refractivity contribution in [3.63, 3.8) is 0 Å². The van der Waals surface area contributed by atoms with E-state index in [1.807, 2.05) is 11.5 Å². The fourth-order valence-electron chi connectivity index (χ4n) is 4.58. The predicted molar refractivity (Wildman–Crippen MR) is 101 cm³/mol. The molecule has 0 spiro atoms. The summed E-state index contributed by atoms with van der Waals surface area (Å²) in [5.41, 5.74) is 2.16. The van der Waals surface area contributed by atoms with E-state index >= 15 is 0 Å². The van der Waals surface area contributed by atoms with Crippen LogP contribution in [0, 0.1) is 19.8 Å². The van der Waals surface area contributed by atoms with Crippen molar-refractivity contribution in [3.8, 4) is 0 Å². The van der Waals surface area contributed by atoms with Crippen LogP contribution < -0.4 is 4.57 Å². The molecule has 3 aliphatic rings. The van der Waals surface area contributed by atoms with Crippen LogP contribution in [0.15, 0.2) is 4.99 Å². The van der Waals surface area contributed by atoms with Gasteiger partial charge in [-0.3, -0.25) is 19.5 Å². The first-order chi connectivity index (χ1) is 12.8. The van der Waals surface area contributed by atoms with Crippen LogP contribution in [0.25, 0.3) is 0 Å². The number of fused-ring (bicyclic) bond motifs is 3. The van der Waals surface area contributed by atoms with Crippen LogP contribution in [0.2, 0.25) is 0 Å². The number of likely N-dealkylation sites (tertiary alicyclic amines) is 1. The van der Waals surface area contributed by atoms with E-state index in [1.165, 1.54) is 29.7 Å². The van der Waals surface area contributed by atoms with Crippen LogP contribution in [-0.2, 0) is 11.3 Å². The van der Waals surface area contributed by atoms with E-state index in [2.05, 4.69) is 23.3 Å². The maximum Gasteiger partial charge on any atom is 0.402 e. The quantitative estimate of drug-likeness (QED) is 0.749. The fraction of sp³-hybridized carbons (Fsp3) is 0.684. The highest BCUT2D eigenvalue weighted by Gasteiger charge is 2.53. The average Bonchev–Trinajstić information content (AvgIpc) is 3.13. The number of nitrogens with zero attached hydrogens (tertiary/aromatic N) is 6. The van der Waals surface area contributed by atoms with Gasteiger partial charge in [-0.05, 0) is 39.2 Å². The third-order valence-corrected chi connectivity index (χ3v) is 6.33. The van der Waals surface area contributed by atoms with Crippen LogP contribution in [-0.4, -0.2) is 70.8 Å². The lowest BCUT2D eigenvalue weighted by molar-refractivity contribution is -0.688. The molecule has 2 saturated heterocycles. The third kappa shape index (κ3) is 2.69. The molecule has 2 unspecified atom stereocenters. The number of aromatic nitrogens is 2. The van der Waals surface area contributed by atoms with Gasteiger partial charge in [-0.2, -0.15) is 0 Å². The smallest absolute Gasteiger partial charge is 0.300 e. The molecule has 0 saturated carbocycles. The second-order valence-corrected chi connectivity index (χ2v) is 8.15. The number of amides is 3. The van der Waals surface area contributed by atoms with Crippen molar-refractivity contribution in [1.29, 1.82) is 0 Å². The second kappa shape index (κ2) is 6.44. The molecule has 0 radical (unpaired) electrons. The zero-order chi connectivity index (χ0) is 19.5. The van der Waals surface area contributed by atoms with Crippen molar-refractivity contribution in [2.75, 3.05) is 33.7 Å². The summed E-state index contributed by atoms with van der Waals surface area (Å²) in [5.74, 6) is 1.84. The van der Waals surface area contributed by atoms with Gasteiger partial charge in [0.2, 0.25) is 11.9 Å². The number of likely N-dealkylation sites (N-methyl/N-ethyl adjacent to an activating group) is 2. The highest BCUT2D eigenvalue weighted by atomic mass is 16.2. The molecular weight excluding hydrogens is 344 g/mol. The number of urea groups is 1. The lowest BCUT2D eigenvalue weighted by atomic mass is 10.0. The van der Waals surface area contributed by atoms with Gasteiger partial charge in [-0.1, -0.05) is 11.9 Å². The Morgan fingerprint density at radius 1 is 1.19 bits per heavy atom. The number of amidine groups is 1. The topological polar surface area (TPSA) is 65.0 Å². The highest BCUT2D eigenvalue weighted by Crippen LogP contribution is 2.34. The van der Waals surface area contributed by atoms with Gasteiger partial charge in [0.25, 0.3) is 5.91 Å². The van der Waals surface area contributed by atoms with Gasteiger partial charge in [0.15, 0.2) is 0 Å². The van der Waals surface area contributed by atoms with Crippen LogP contribution in [0.5, 0.6) is 0 Å². The molecule has 2 fully saturated rings. The molecule has 1 aromatic heterocycles. The Morgan fingerprint density at radius 3 is 2.63 bits per heavy atom. The number of carbonyl (C=O) groups excluding carboxylic acids is 2. The van der Waals surface area contributed by atoms with Gasteiger partial charge < -0.3 is 0 Å². The van der Waals surface area contributed by atoms with Crippen LogP contribution in [0.1, 0.15) is 37.2 Å². The molecule has 3 amide bonds. The third-order valence-electron chi connectivity index (χ3n) is 6.33. The highest BCUT2D eigenvalue weighted by molar-refractivity contribution is 6.20. The normalized spacial score (nSPS) is 25.7. The average molecular weight is 373 g/mol. The van der Waals surface area contributed by atoms with E-state index in [1.54, 1.807) is 7.05 Å². The molecule has 0 bridgehead atoms. The van der Waals surface area contributed by atoms with Gasteiger partial charge in [0.1, 0.15) is 11.4 Å². The Morgan fingerprint density at radius 2 is 1.93 bits per heavy atom. The molecular formula is C19H29N6O2+. The summed E-state index contributed by atoms with van der Waals surface area (Å²) < 4.78 is 4.19. The van der Waals surface area contributed by atoms with Crippen LogP contribution in [0.4, 0.5) is 10.7 Å². The minimum absolute atomic E-state index is 0.217. The number of hydrogen-bond donors (Lipinski definition) is 0. The standard InChI is InChI=1S/C19H29N6O2/c1-12-7-6-8-23(11-12)9-10-24-13(2)14(3)25-15-16(20-18(24)25)21(4)19(27)22(5)17(15)26/h12,15H,6-11H2,1-5H3/q+1. The second-order valence-electron chi connectivity index (χ2n) is 8.15. The molecule has 0 N–H and O–H groups in total. The maximum absolute atomic E-state index is 12.8. The van der Waals surface area contributed by atoms with Crippen molar-refractivity contribution < 1.29 is 14.2 Å². The minimum atomic E-state index is -0.539. The van der Waals surface area contributed by atoms with Crippen molar-refractivity contribution in [1.82, 2.24) is 19.3 Å². The Kier molecular flexibility index (Phi) is 4.33. The zero-order valence-corrected chi connectivity index (χ0v) is 16.9. The zero-order valence-electron chi connectivity index (χ0n) is 16.9. The molecule has 4 rings (SSSR count). The van der Waals surface area contributed by atoms with E-state index in [-0.39, 0.29) is 11.9 Å². The van der Waals surface area contributed by atoms with Gasteiger partial charge in [0, 0.05) is 27.2 Å². The molecule has 3 aliphatic heterocycles. The van der Waals surface area contributed by atoms with E-state index in [0.717, 1.165) is 49.4 Å². The summed E-state index contributed by atoms with van der Waals surface area (Å²) in [6, 6.07) is -0.869. The van der Waals surface area contributed by atoms with Crippen molar-refractivity contribution in [2.45, 2.75) is 46.2 Å². The molecule has 0 aromatic carbocycles. The predicted octanol–water partition coefficient (Wildman–Crippen LogP) is 1.23. The molecule has 27 heavy (non-hydrogen) atoms. The first-order valence-electron chi connectivity index (χ1n) is 9.78. The van der Waals surface area contributed by atoms with Gasteiger partial charge in [-0.15, -0.1) is 0 Å². The molecule has 1 aromatic rings. The SMILES string of the molecule is Cc1c(C)[n+](CCN2CCCC(C)C2)c2n1C1C(=O)N(C)C(=O)N(C)C1=N2. The Bertz CT molecular complexity index is 842. The molecule has 4 heterocycles. The van der Waals surface area contributed by atoms with Crippen molar-refractivity contribution in [3.05, 3.63) is 11.4 Å². The maximum atomic E-state index is 12.8. The number of hydrogen-bond acceptors (Lipinski definition) is 4. The van der Waals surface area contributed by atoms with Gasteiger partial charge in [0.05, 0.1) is 6.54 Å². The van der Waals surface area contributed by atoms with E-state index in [0.29, 0.717) is 5.84 Å². The van der Waals surface area contributed by atoms with Gasteiger partial charge >= 0.3 is 12.0 Å². The summed E-state index contributed by atoms with van der Waals surface area (Å²) in [4.78, 5) is 35.0. The molecule has 146 valence electrons. The summed E-state index contributed by atoms with van der Waals surface area (Å²) in [7, 11) is 3.22. The Balaban J connectivity index is 1.65. The first kappa shape index (κ1) is 18.2. The number of aliphatic imine (C=N–C) groups is 1. The van der Waals surface area contributed by atoms with E-state index < -0.39 is 6.04 Å². The largest absolute Gasteiger partial charge is 0.402 e. The number of piperidine rings is 1. The molecule has 0 aliphatic carbocycles. The lowest BCUT2D eigenvalue weighted by Crippen LogP contribution is -2.56. The summed E-state index contributed by atoms with van der Waals surface area (Å²) >= 11 is 0. The lowest BCUT2D eigenvalue weighted by Gasteiger charge is -2.30. The van der Waals surface area contributed by atoms with Crippen molar-refractivity contribution in [2.24, 2.45) is 10.9 Å². The first-order valence-corrected chi connectivity index (χ1v) is 9.78. The fourth-order valence-corrected chi connectivity index (χ4v) is 4.58. The van der Waals surface area contributed by atoms with Crippen molar-refractivity contribution >= 4 is 23.7 Å². The Labute approximate surface area is 160 Å². The Hall–Kier alpha value is -2.22. The minimum Gasteiger partial charge on any atom is -0.300 e. The van der Waals surface area contributed by atoms with Crippen LogP contribution >= 0.6 is 0 Å². The summed E-state index contributed by atoms with van der Waals surface area (Å²) in [5, 5.41) is 0. The number of rotatable bonds is 3. The molecule has 8 nitrogen and oxygen atoms in total.